The maximum Gasteiger partial charge on any atom is 0.233 e. The standard InChI is InChI=1S/C17H18FN3O2/c1-21(11-8-13-6-9-19-10-7-13)17(23)12-16(22)20-15-5-3-2-4-14(15)18/h2-7,9-10H,8,11-12H2,1H3,(H,20,22). The van der Waals surface area contributed by atoms with E-state index in [-0.39, 0.29) is 18.0 Å². The van der Waals surface area contributed by atoms with Gasteiger partial charge in [-0.2, -0.15) is 0 Å². The number of anilines is 1. The van der Waals surface area contributed by atoms with Gasteiger partial charge in [-0.1, -0.05) is 12.1 Å². The van der Waals surface area contributed by atoms with Gasteiger partial charge in [-0.05, 0) is 36.2 Å². The van der Waals surface area contributed by atoms with Crippen molar-refractivity contribution < 1.29 is 14.0 Å². The van der Waals surface area contributed by atoms with E-state index in [1.807, 2.05) is 12.1 Å². The molecule has 23 heavy (non-hydrogen) atoms. The fraction of sp³-hybridized carbons (Fsp3) is 0.235. The van der Waals surface area contributed by atoms with Gasteiger partial charge in [0.05, 0.1) is 5.69 Å². The summed E-state index contributed by atoms with van der Waals surface area (Å²) in [7, 11) is 1.64. The minimum Gasteiger partial charge on any atom is -0.345 e. The summed E-state index contributed by atoms with van der Waals surface area (Å²) in [5.74, 6) is -1.37. The average molecular weight is 315 g/mol. The molecule has 0 fully saturated rings. The summed E-state index contributed by atoms with van der Waals surface area (Å²) >= 11 is 0. The van der Waals surface area contributed by atoms with E-state index in [1.54, 1.807) is 25.5 Å². The molecule has 2 amide bonds. The minimum atomic E-state index is -0.532. The Morgan fingerprint density at radius 2 is 1.87 bits per heavy atom. The molecule has 1 aromatic carbocycles. The van der Waals surface area contributed by atoms with E-state index >= 15 is 0 Å². The molecule has 0 saturated heterocycles. The number of carbonyl (C=O) groups excluding carboxylic acids is 2. The van der Waals surface area contributed by atoms with Crippen LogP contribution in [-0.2, 0) is 16.0 Å². The third-order valence-electron chi connectivity index (χ3n) is 3.37. The molecular weight excluding hydrogens is 297 g/mol. The van der Waals surface area contributed by atoms with Gasteiger partial charge in [0.15, 0.2) is 0 Å². The second kappa shape index (κ2) is 8.03. The summed E-state index contributed by atoms with van der Waals surface area (Å²) in [6, 6.07) is 9.60. The van der Waals surface area contributed by atoms with Crippen molar-refractivity contribution in [2.24, 2.45) is 0 Å². The molecule has 120 valence electrons. The number of hydrogen-bond acceptors (Lipinski definition) is 3. The molecule has 2 aromatic rings. The van der Waals surface area contributed by atoms with Gasteiger partial charge in [0.2, 0.25) is 11.8 Å². The maximum atomic E-state index is 13.4. The summed E-state index contributed by atoms with van der Waals surface area (Å²) in [6.07, 6.45) is 3.75. The van der Waals surface area contributed by atoms with Crippen LogP contribution < -0.4 is 5.32 Å². The van der Waals surface area contributed by atoms with E-state index in [9.17, 15) is 14.0 Å². The van der Waals surface area contributed by atoms with Crippen LogP contribution in [0.1, 0.15) is 12.0 Å². The quantitative estimate of drug-likeness (QED) is 0.832. The first-order valence-electron chi connectivity index (χ1n) is 7.23. The van der Waals surface area contributed by atoms with Crippen LogP contribution in [0.5, 0.6) is 0 Å². The number of likely N-dealkylation sites (N-methyl/N-ethyl adjacent to an activating group) is 1. The van der Waals surface area contributed by atoms with Crippen LogP contribution in [0.15, 0.2) is 48.8 Å². The van der Waals surface area contributed by atoms with E-state index in [0.717, 1.165) is 5.56 Å². The van der Waals surface area contributed by atoms with E-state index < -0.39 is 11.7 Å². The number of nitrogens with zero attached hydrogens (tertiary/aromatic N) is 2. The van der Waals surface area contributed by atoms with Crippen LogP contribution in [0.3, 0.4) is 0 Å². The molecule has 1 heterocycles. The molecule has 0 unspecified atom stereocenters. The second-order valence-electron chi connectivity index (χ2n) is 5.13. The first-order valence-corrected chi connectivity index (χ1v) is 7.23. The predicted molar refractivity (Wildman–Crippen MR) is 85.2 cm³/mol. The number of rotatable bonds is 6. The number of amides is 2. The zero-order valence-corrected chi connectivity index (χ0v) is 12.8. The van der Waals surface area contributed by atoms with Crippen LogP contribution >= 0.6 is 0 Å². The van der Waals surface area contributed by atoms with Crippen molar-refractivity contribution in [1.29, 1.82) is 0 Å². The summed E-state index contributed by atoms with van der Waals surface area (Å²) in [5, 5.41) is 2.40. The molecule has 6 heteroatoms. The van der Waals surface area contributed by atoms with Crippen molar-refractivity contribution in [3.63, 3.8) is 0 Å². The maximum absolute atomic E-state index is 13.4. The fourth-order valence-electron chi connectivity index (χ4n) is 2.00. The smallest absolute Gasteiger partial charge is 0.233 e. The number of pyridine rings is 1. The Hall–Kier alpha value is -2.76. The Labute approximate surface area is 134 Å². The zero-order valence-electron chi connectivity index (χ0n) is 12.8. The molecule has 1 N–H and O–H groups in total. The number of carbonyl (C=O) groups is 2. The SMILES string of the molecule is CN(CCc1ccncc1)C(=O)CC(=O)Nc1ccccc1F. The highest BCUT2D eigenvalue weighted by atomic mass is 19.1. The molecule has 0 atom stereocenters. The zero-order chi connectivity index (χ0) is 16.7. The molecule has 0 radical (unpaired) electrons. The molecule has 0 bridgehead atoms. The first kappa shape index (κ1) is 16.6. The largest absolute Gasteiger partial charge is 0.345 e. The van der Waals surface area contributed by atoms with E-state index in [0.29, 0.717) is 13.0 Å². The van der Waals surface area contributed by atoms with Gasteiger partial charge in [-0.25, -0.2) is 4.39 Å². The van der Waals surface area contributed by atoms with E-state index in [1.165, 1.54) is 23.1 Å². The number of para-hydroxylation sites is 1. The summed E-state index contributed by atoms with van der Waals surface area (Å²) < 4.78 is 13.4. The minimum absolute atomic E-state index is 0.0738. The number of halogens is 1. The summed E-state index contributed by atoms with van der Waals surface area (Å²) in [5.41, 5.74) is 1.14. The molecular formula is C17H18FN3O2. The van der Waals surface area contributed by atoms with Crippen LogP contribution in [0, 0.1) is 5.82 Å². The van der Waals surface area contributed by atoms with Crippen molar-refractivity contribution >= 4 is 17.5 Å². The first-order chi connectivity index (χ1) is 11.1. The lowest BCUT2D eigenvalue weighted by atomic mass is 10.2. The lowest BCUT2D eigenvalue weighted by molar-refractivity contribution is -0.133. The Morgan fingerprint density at radius 3 is 2.57 bits per heavy atom. The van der Waals surface area contributed by atoms with E-state index in [2.05, 4.69) is 10.3 Å². The van der Waals surface area contributed by atoms with Crippen LogP contribution in [0.25, 0.3) is 0 Å². The van der Waals surface area contributed by atoms with Crippen LogP contribution in [-0.4, -0.2) is 35.3 Å². The summed E-state index contributed by atoms with van der Waals surface area (Å²) in [6.45, 7) is 0.496. The van der Waals surface area contributed by atoms with Crippen LogP contribution in [0.2, 0.25) is 0 Å². The highest BCUT2D eigenvalue weighted by Crippen LogP contribution is 2.12. The molecule has 5 nitrogen and oxygen atoms in total. The monoisotopic (exact) mass is 315 g/mol. The van der Waals surface area contributed by atoms with Gasteiger partial charge in [0.1, 0.15) is 12.2 Å². The lowest BCUT2D eigenvalue weighted by Crippen LogP contribution is -2.32. The highest BCUT2D eigenvalue weighted by Gasteiger charge is 2.15. The van der Waals surface area contributed by atoms with Gasteiger partial charge in [0.25, 0.3) is 0 Å². The summed E-state index contributed by atoms with van der Waals surface area (Å²) in [4.78, 5) is 29.2. The normalized spacial score (nSPS) is 10.2. The van der Waals surface area contributed by atoms with Gasteiger partial charge >= 0.3 is 0 Å². The van der Waals surface area contributed by atoms with Gasteiger partial charge in [-0.15, -0.1) is 0 Å². The molecule has 0 spiro atoms. The Balaban J connectivity index is 1.81. The predicted octanol–water partition coefficient (Wildman–Crippen LogP) is 2.25. The molecule has 1 aromatic heterocycles. The number of hydrogen-bond donors (Lipinski definition) is 1. The number of benzene rings is 1. The fourth-order valence-corrected chi connectivity index (χ4v) is 2.00. The van der Waals surface area contributed by atoms with Gasteiger partial charge in [-0.3, -0.25) is 14.6 Å². The molecule has 0 saturated carbocycles. The second-order valence-corrected chi connectivity index (χ2v) is 5.13. The average Bonchev–Trinajstić information content (AvgIpc) is 2.55. The number of nitrogens with one attached hydrogen (secondary N) is 1. The third-order valence-corrected chi connectivity index (χ3v) is 3.37. The Kier molecular flexibility index (Phi) is 5.80. The van der Waals surface area contributed by atoms with Crippen molar-refractivity contribution in [3.05, 3.63) is 60.2 Å². The van der Waals surface area contributed by atoms with Gasteiger partial charge < -0.3 is 10.2 Å². The number of aromatic nitrogens is 1. The van der Waals surface area contributed by atoms with Crippen molar-refractivity contribution in [3.8, 4) is 0 Å². The van der Waals surface area contributed by atoms with Crippen LogP contribution in [0.4, 0.5) is 10.1 Å². The molecule has 0 aliphatic heterocycles. The van der Waals surface area contributed by atoms with E-state index in [4.69, 9.17) is 0 Å². The highest BCUT2D eigenvalue weighted by molar-refractivity contribution is 6.03. The molecule has 0 aliphatic carbocycles. The Morgan fingerprint density at radius 1 is 1.17 bits per heavy atom. The topological polar surface area (TPSA) is 62.3 Å². The molecule has 2 rings (SSSR count). The Bertz CT molecular complexity index is 677. The van der Waals surface area contributed by atoms with Crippen molar-refractivity contribution in [2.75, 3.05) is 18.9 Å². The molecule has 0 aliphatic rings. The third kappa shape index (κ3) is 5.18. The van der Waals surface area contributed by atoms with Crippen molar-refractivity contribution in [2.45, 2.75) is 12.8 Å². The van der Waals surface area contributed by atoms with Crippen molar-refractivity contribution in [1.82, 2.24) is 9.88 Å². The van der Waals surface area contributed by atoms with Gasteiger partial charge in [0, 0.05) is 26.0 Å². The lowest BCUT2D eigenvalue weighted by Gasteiger charge is -2.17.